The van der Waals surface area contributed by atoms with Crippen molar-refractivity contribution < 1.29 is 34.8 Å². The quantitative estimate of drug-likeness (QED) is 0.314. The summed E-state index contributed by atoms with van der Waals surface area (Å²) in [6.07, 6.45) is 0.786. The summed E-state index contributed by atoms with van der Waals surface area (Å²) in [5.41, 5.74) is 2.83. The van der Waals surface area contributed by atoms with E-state index in [9.17, 15) is 34.8 Å². The van der Waals surface area contributed by atoms with Gasteiger partial charge in [0, 0.05) is 35.5 Å². The molecular weight excluding hydrogens is 500 g/mol. The van der Waals surface area contributed by atoms with Crippen LogP contribution >= 0.6 is 11.6 Å². The number of benzene rings is 1. The standard InChI is InChI=1S/C27H33ClN2O7/c1-11(9-26(2,3)4)30-10-13-7-16(31)19-15(21(13)28)6-12-5-14-8-17(32)20(25(29)36)24(35)27(14,37)23(34)18(12)22(19)33/h7,11-12,14,30-31,33,35,37H,5-6,8-10H2,1-4H3,(H2,29,36)/t11-,12?,14+,27+/m1/s1. The monoisotopic (exact) mass is 532 g/mol. The molecule has 4 atom stereocenters. The minimum atomic E-state index is -2.58. The number of fused-ring (bicyclic) bond motifs is 3. The smallest absolute Gasteiger partial charge is 0.255 e. The van der Waals surface area contributed by atoms with Crippen LogP contribution in [0.15, 0.2) is 23.0 Å². The molecule has 3 aliphatic carbocycles. The summed E-state index contributed by atoms with van der Waals surface area (Å²) in [7, 11) is 0. The van der Waals surface area contributed by atoms with Gasteiger partial charge in [-0.05, 0) is 54.7 Å². The van der Waals surface area contributed by atoms with Crippen LogP contribution in [0.2, 0.25) is 5.02 Å². The molecule has 0 aromatic heterocycles. The summed E-state index contributed by atoms with van der Waals surface area (Å²) in [4.78, 5) is 37.7. The summed E-state index contributed by atoms with van der Waals surface area (Å²) in [5, 5.41) is 47.6. The first-order valence-corrected chi connectivity index (χ1v) is 12.7. The molecule has 4 rings (SSSR count). The molecule has 0 saturated heterocycles. The number of rotatable bonds is 5. The van der Waals surface area contributed by atoms with Gasteiger partial charge < -0.3 is 31.5 Å². The molecule has 1 aromatic carbocycles. The number of ketones is 2. The number of nitrogens with two attached hydrogens (primary N) is 1. The van der Waals surface area contributed by atoms with Gasteiger partial charge in [0.2, 0.25) is 5.78 Å². The fourth-order valence-electron chi connectivity index (χ4n) is 6.13. The Balaban J connectivity index is 1.74. The number of Topliss-reactive ketones (excluding diaryl/α,β-unsaturated/α-hetero) is 2. The normalized spacial score (nSPS) is 26.5. The molecule has 0 spiro atoms. The van der Waals surface area contributed by atoms with E-state index in [4.69, 9.17) is 17.3 Å². The van der Waals surface area contributed by atoms with E-state index >= 15 is 0 Å². The molecule has 1 unspecified atom stereocenters. The van der Waals surface area contributed by atoms with Gasteiger partial charge in [-0.1, -0.05) is 32.4 Å². The second kappa shape index (κ2) is 9.15. The Hall–Kier alpha value is -2.88. The number of halogens is 1. The number of aliphatic hydroxyl groups is 3. The van der Waals surface area contributed by atoms with Gasteiger partial charge in [0.15, 0.2) is 11.4 Å². The van der Waals surface area contributed by atoms with Gasteiger partial charge in [0.25, 0.3) is 5.91 Å². The van der Waals surface area contributed by atoms with Crippen LogP contribution in [0.3, 0.4) is 0 Å². The third-order valence-electron chi connectivity index (χ3n) is 7.63. The number of hydrogen-bond donors (Lipinski definition) is 6. The van der Waals surface area contributed by atoms with Crippen LogP contribution in [0, 0.1) is 17.3 Å². The Morgan fingerprint density at radius 2 is 1.89 bits per heavy atom. The van der Waals surface area contributed by atoms with Crippen molar-refractivity contribution in [3.05, 3.63) is 44.7 Å². The van der Waals surface area contributed by atoms with Crippen LogP contribution in [0.4, 0.5) is 0 Å². The lowest BCUT2D eigenvalue weighted by Crippen LogP contribution is -2.58. The molecular formula is C27H33ClN2O7. The first kappa shape index (κ1) is 27.2. The summed E-state index contributed by atoms with van der Waals surface area (Å²) >= 11 is 6.74. The Bertz CT molecular complexity index is 1280. The predicted molar refractivity (Wildman–Crippen MR) is 137 cm³/mol. The number of amides is 1. The van der Waals surface area contributed by atoms with E-state index in [1.807, 2.05) is 0 Å². The number of aromatic hydroxyl groups is 1. The maximum absolute atomic E-state index is 13.5. The summed E-state index contributed by atoms with van der Waals surface area (Å²) in [6, 6.07) is 1.61. The van der Waals surface area contributed by atoms with Crippen molar-refractivity contribution in [3.63, 3.8) is 0 Å². The zero-order valence-electron chi connectivity index (χ0n) is 21.3. The second-order valence-corrected chi connectivity index (χ2v) is 12.1. The van der Waals surface area contributed by atoms with Crippen LogP contribution in [-0.2, 0) is 27.3 Å². The van der Waals surface area contributed by atoms with Crippen molar-refractivity contribution in [2.75, 3.05) is 0 Å². The predicted octanol–water partition coefficient (Wildman–Crippen LogP) is 2.99. The average Bonchev–Trinajstić information content (AvgIpc) is 2.76. The van der Waals surface area contributed by atoms with Crippen LogP contribution < -0.4 is 11.1 Å². The molecule has 10 heteroatoms. The number of aliphatic hydroxyl groups excluding tert-OH is 2. The van der Waals surface area contributed by atoms with Crippen LogP contribution in [0.5, 0.6) is 5.75 Å². The maximum Gasteiger partial charge on any atom is 0.255 e. The van der Waals surface area contributed by atoms with E-state index < -0.39 is 52.0 Å². The first-order valence-electron chi connectivity index (χ1n) is 12.3. The van der Waals surface area contributed by atoms with Gasteiger partial charge in [-0.25, -0.2) is 0 Å². The SMILES string of the molecule is C[C@H](CC(C)(C)C)NCc1cc(O)c2c(c1Cl)CC1C[C@H]3CC(=O)C(C(N)=O)=C(O)[C@@]3(O)C(=O)C1=C2O. The molecule has 200 valence electrons. The fraction of sp³-hybridized carbons (Fsp3) is 0.519. The zero-order valence-corrected chi connectivity index (χ0v) is 22.1. The third kappa shape index (κ3) is 4.43. The van der Waals surface area contributed by atoms with E-state index in [1.165, 1.54) is 6.07 Å². The number of phenolic OH excluding ortho intramolecular Hbond substituents is 1. The lowest BCUT2D eigenvalue weighted by atomic mass is 9.59. The van der Waals surface area contributed by atoms with Crippen molar-refractivity contribution in [1.82, 2.24) is 5.32 Å². The van der Waals surface area contributed by atoms with Gasteiger partial charge in [0.1, 0.15) is 22.8 Å². The number of phenols is 1. The highest BCUT2D eigenvalue weighted by Gasteiger charge is 2.60. The molecule has 3 aliphatic rings. The number of primary amides is 1. The molecule has 1 aromatic rings. The molecule has 7 N–H and O–H groups in total. The summed E-state index contributed by atoms with van der Waals surface area (Å²) in [6.45, 7) is 8.87. The zero-order chi connectivity index (χ0) is 27.6. The van der Waals surface area contributed by atoms with Gasteiger partial charge in [-0.3, -0.25) is 14.4 Å². The van der Waals surface area contributed by atoms with Crippen molar-refractivity contribution in [1.29, 1.82) is 0 Å². The number of carbonyl (C=O) groups excluding carboxylic acids is 3. The minimum Gasteiger partial charge on any atom is -0.508 e. The molecule has 0 aliphatic heterocycles. The van der Waals surface area contributed by atoms with Gasteiger partial charge in [0.05, 0.1) is 5.56 Å². The Morgan fingerprint density at radius 1 is 1.24 bits per heavy atom. The molecule has 0 bridgehead atoms. The molecule has 9 nitrogen and oxygen atoms in total. The van der Waals surface area contributed by atoms with Crippen LogP contribution in [0.25, 0.3) is 5.76 Å². The van der Waals surface area contributed by atoms with E-state index in [1.54, 1.807) is 0 Å². The molecule has 0 radical (unpaired) electrons. The molecule has 0 heterocycles. The third-order valence-corrected chi connectivity index (χ3v) is 8.10. The van der Waals surface area contributed by atoms with E-state index in [0.29, 0.717) is 22.7 Å². The molecule has 1 amide bonds. The number of nitrogens with one attached hydrogen (secondary N) is 1. The highest BCUT2D eigenvalue weighted by atomic mass is 35.5. The molecule has 37 heavy (non-hydrogen) atoms. The van der Waals surface area contributed by atoms with Crippen molar-refractivity contribution in [3.8, 4) is 5.75 Å². The van der Waals surface area contributed by atoms with Crippen molar-refractivity contribution in [2.24, 2.45) is 23.0 Å². The Morgan fingerprint density at radius 3 is 2.49 bits per heavy atom. The largest absolute Gasteiger partial charge is 0.508 e. The lowest BCUT2D eigenvalue weighted by Gasteiger charge is -2.46. The van der Waals surface area contributed by atoms with Crippen LogP contribution in [-0.4, -0.2) is 49.5 Å². The first-order chi connectivity index (χ1) is 17.1. The van der Waals surface area contributed by atoms with Crippen molar-refractivity contribution in [2.45, 2.75) is 71.6 Å². The summed E-state index contributed by atoms with van der Waals surface area (Å²) in [5.74, 6) is -6.60. The average molecular weight is 533 g/mol. The van der Waals surface area contributed by atoms with Gasteiger partial charge >= 0.3 is 0 Å². The highest BCUT2D eigenvalue weighted by molar-refractivity contribution is 6.32. The summed E-state index contributed by atoms with van der Waals surface area (Å²) < 4.78 is 0. The van der Waals surface area contributed by atoms with Gasteiger partial charge in [-0.2, -0.15) is 0 Å². The number of carbonyl (C=O) groups is 3. The second-order valence-electron chi connectivity index (χ2n) is 11.7. The maximum atomic E-state index is 13.5. The lowest BCUT2D eigenvalue weighted by molar-refractivity contribution is -0.147. The number of hydrogen-bond acceptors (Lipinski definition) is 8. The van der Waals surface area contributed by atoms with E-state index in [-0.39, 0.29) is 47.6 Å². The molecule has 1 saturated carbocycles. The molecule has 1 fully saturated rings. The van der Waals surface area contributed by atoms with E-state index in [2.05, 4.69) is 33.0 Å². The Labute approximate surface area is 220 Å². The Kier molecular flexibility index (Phi) is 6.72. The fourth-order valence-corrected chi connectivity index (χ4v) is 6.42. The van der Waals surface area contributed by atoms with Gasteiger partial charge in [-0.15, -0.1) is 0 Å². The minimum absolute atomic E-state index is 0.0105. The van der Waals surface area contributed by atoms with Crippen molar-refractivity contribution >= 4 is 34.8 Å². The van der Waals surface area contributed by atoms with E-state index in [0.717, 1.165) is 6.42 Å². The topological polar surface area (TPSA) is 170 Å². The highest BCUT2D eigenvalue weighted by Crippen LogP contribution is 2.53. The van der Waals surface area contributed by atoms with Crippen LogP contribution in [0.1, 0.15) is 63.6 Å².